The lowest BCUT2D eigenvalue weighted by Crippen LogP contribution is -2.38. The van der Waals surface area contributed by atoms with E-state index in [1.54, 1.807) is 6.07 Å². The van der Waals surface area contributed by atoms with Gasteiger partial charge in [0.05, 0.1) is 13.2 Å². The maximum absolute atomic E-state index is 13.9. The molecular formula is C16H18FN3O2. The van der Waals surface area contributed by atoms with E-state index in [2.05, 4.69) is 14.9 Å². The van der Waals surface area contributed by atoms with Crippen molar-refractivity contribution >= 4 is 16.7 Å². The molecule has 116 valence electrons. The van der Waals surface area contributed by atoms with Crippen LogP contribution in [0.1, 0.15) is 12.8 Å². The number of rotatable bonds is 2. The van der Waals surface area contributed by atoms with Gasteiger partial charge in [-0.1, -0.05) is 6.07 Å². The molecule has 2 saturated heterocycles. The van der Waals surface area contributed by atoms with E-state index in [1.165, 1.54) is 12.4 Å². The molecule has 0 radical (unpaired) electrons. The molecule has 2 aromatic rings. The maximum Gasteiger partial charge on any atom is 0.160 e. The Balaban J connectivity index is 1.55. The summed E-state index contributed by atoms with van der Waals surface area (Å²) in [5.74, 6) is 0.948. The summed E-state index contributed by atoms with van der Waals surface area (Å²) in [5, 5.41) is 0.773. The summed E-state index contributed by atoms with van der Waals surface area (Å²) in [6, 6.07) is 5.01. The van der Waals surface area contributed by atoms with Gasteiger partial charge in [0.2, 0.25) is 0 Å². The summed E-state index contributed by atoms with van der Waals surface area (Å²) >= 11 is 0. The van der Waals surface area contributed by atoms with E-state index in [0.717, 1.165) is 37.1 Å². The van der Waals surface area contributed by atoms with Gasteiger partial charge in [0.1, 0.15) is 23.5 Å². The topological polar surface area (TPSA) is 47.5 Å². The minimum Gasteiger partial charge on any atom is -0.356 e. The highest BCUT2D eigenvalue weighted by atomic mass is 19.1. The molecule has 1 aromatic heterocycles. The number of halogens is 1. The van der Waals surface area contributed by atoms with E-state index in [-0.39, 0.29) is 12.1 Å². The van der Waals surface area contributed by atoms with Gasteiger partial charge in [0, 0.05) is 24.4 Å². The fourth-order valence-corrected chi connectivity index (χ4v) is 3.32. The van der Waals surface area contributed by atoms with Gasteiger partial charge < -0.3 is 14.4 Å². The Morgan fingerprint density at radius 3 is 2.64 bits per heavy atom. The van der Waals surface area contributed by atoms with Gasteiger partial charge in [-0.3, -0.25) is 0 Å². The summed E-state index contributed by atoms with van der Waals surface area (Å²) in [5.41, 5.74) is 0.386. The van der Waals surface area contributed by atoms with E-state index >= 15 is 0 Å². The molecule has 2 aliphatic rings. The highest BCUT2D eigenvalue weighted by Crippen LogP contribution is 2.31. The van der Waals surface area contributed by atoms with Crippen LogP contribution in [0.25, 0.3) is 10.9 Å². The van der Waals surface area contributed by atoms with Crippen LogP contribution in [0.2, 0.25) is 0 Å². The molecule has 0 spiro atoms. The lowest BCUT2D eigenvalue weighted by atomic mass is 9.96. The highest BCUT2D eigenvalue weighted by molar-refractivity contribution is 5.89. The average molecular weight is 303 g/mol. The Morgan fingerprint density at radius 1 is 1.09 bits per heavy atom. The molecule has 0 saturated carbocycles. The number of hydrogen-bond acceptors (Lipinski definition) is 5. The van der Waals surface area contributed by atoms with Crippen LogP contribution < -0.4 is 4.90 Å². The van der Waals surface area contributed by atoms with Crippen LogP contribution in [0.3, 0.4) is 0 Å². The molecule has 5 nitrogen and oxygen atoms in total. The zero-order valence-corrected chi connectivity index (χ0v) is 12.2. The first-order valence-electron chi connectivity index (χ1n) is 7.70. The quantitative estimate of drug-likeness (QED) is 0.852. The van der Waals surface area contributed by atoms with E-state index in [4.69, 9.17) is 9.47 Å². The standard InChI is InChI=1S/C16H18FN3O2/c17-13-3-1-2-12-14(13)18-10-19-15(12)20-6-4-11(5-7-20)16-21-8-9-22-16/h1-3,10-11,16H,4-9H2. The van der Waals surface area contributed by atoms with Crippen molar-refractivity contribution in [3.05, 3.63) is 30.3 Å². The highest BCUT2D eigenvalue weighted by Gasteiger charge is 2.31. The van der Waals surface area contributed by atoms with Crippen molar-refractivity contribution in [3.63, 3.8) is 0 Å². The number of aromatic nitrogens is 2. The second kappa shape index (κ2) is 5.78. The summed E-state index contributed by atoms with van der Waals surface area (Å²) in [7, 11) is 0. The Morgan fingerprint density at radius 2 is 1.86 bits per heavy atom. The van der Waals surface area contributed by atoms with Crippen molar-refractivity contribution in [1.82, 2.24) is 9.97 Å². The fraction of sp³-hybridized carbons (Fsp3) is 0.500. The minimum atomic E-state index is -0.302. The monoisotopic (exact) mass is 303 g/mol. The smallest absolute Gasteiger partial charge is 0.160 e. The predicted molar refractivity (Wildman–Crippen MR) is 80.1 cm³/mol. The SMILES string of the molecule is Fc1cccc2c(N3CCC(C4OCCO4)CC3)ncnc12. The van der Waals surface area contributed by atoms with Gasteiger partial charge in [-0.15, -0.1) is 0 Å². The van der Waals surface area contributed by atoms with Crippen molar-refractivity contribution in [3.8, 4) is 0 Å². The predicted octanol–water partition coefficient (Wildman–Crippen LogP) is 2.36. The van der Waals surface area contributed by atoms with E-state index in [9.17, 15) is 4.39 Å². The number of nitrogens with zero attached hydrogens (tertiary/aromatic N) is 3. The first-order chi connectivity index (χ1) is 10.8. The van der Waals surface area contributed by atoms with Gasteiger partial charge in [0.15, 0.2) is 6.29 Å². The molecule has 0 N–H and O–H groups in total. The third kappa shape index (κ3) is 2.42. The van der Waals surface area contributed by atoms with Crippen LogP contribution >= 0.6 is 0 Å². The Hall–Kier alpha value is -1.79. The Kier molecular flexibility index (Phi) is 3.63. The third-order valence-electron chi connectivity index (χ3n) is 4.47. The van der Waals surface area contributed by atoms with Crippen LogP contribution in [-0.4, -0.2) is 42.6 Å². The molecule has 0 atom stereocenters. The Bertz CT molecular complexity index is 667. The number of fused-ring (bicyclic) bond motifs is 1. The second-order valence-electron chi connectivity index (χ2n) is 5.77. The van der Waals surface area contributed by atoms with E-state index < -0.39 is 0 Å². The number of hydrogen-bond donors (Lipinski definition) is 0. The van der Waals surface area contributed by atoms with Gasteiger partial charge in [-0.05, 0) is 25.0 Å². The molecule has 2 aliphatic heterocycles. The van der Waals surface area contributed by atoms with Crippen LogP contribution in [0.5, 0.6) is 0 Å². The minimum absolute atomic E-state index is 0.0539. The molecule has 0 bridgehead atoms. The fourth-order valence-electron chi connectivity index (χ4n) is 3.32. The average Bonchev–Trinajstić information content (AvgIpc) is 3.10. The van der Waals surface area contributed by atoms with Crippen molar-refractivity contribution in [2.45, 2.75) is 19.1 Å². The Labute approximate surface area is 128 Å². The largest absolute Gasteiger partial charge is 0.356 e. The zero-order chi connectivity index (χ0) is 14.9. The second-order valence-corrected chi connectivity index (χ2v) is 5.77. The molecule has 4 rings (SSSR count). The van der Waals surface area contributed by atoms with Crippen molar-refractivity contribution < 1.29 is 13.9 Å². The molecule has 1 aromatic carbocycles. The van der Waals surface area contributed by atoms with E-state index in [0.29, 0.717) is 24.6 Å². The van der Waals surface area contributed by atoms with Gasteiger partial charge in [0.25, 0.3) is 0 Å². The molecule has 6 heteroatoms. The first kappa shape index (κ1) is 13.8. The molecule has 3 heterocycles. The molecule has 0 amide bonds. The van der Waals surface area contributed by atoms with Crippen LogP contribution in [0.4, 0.5) is 10.2 Å². The van der Waals surface area contributed by atoms with Crippen molar-refractivity contribution in [1.29, 1.82) is 0 Å². The molecular weight excluding hydrogens is 285 g/mol. The first-order valence-corrected chi connectivity index (χ1v) is 7.70. The molecule has 22 heavy (non-hydrogen) atoms. The van der Waals surface area contributed by atoms with Crippen LogP contribution in [0.15, 0.2) is 24.5 Å². The maximum atomic E-state index is 13.9. The molecule has 2 fully saturated rings. The van der Waals surface area contributed by atoms with E-state index in [1.807, 2.05) is 6.07 Å². The lowest BCUT2D eigenvalue weighted by Gasteiger charge is -2.34. The van der Waals surface area contributed by atoms with Crippen molar-refractivity contribution in [2.75, 3.05) is 31.2 Å². The van der Waals surface area contributed by atoms with Crippen molar-refractivity contribution in [2.24, 2.45) is 5.92 Å². The van der Waals surface area contributed by atoms with Crippen LogP contribution in [0, 0.1) is 11.7 Å². The van der Waals surface area contributed by atoms with Crippen LogP contribution in [-0.2, 0) is 9.47 Å². The van der Waals surface area contributed by atoms with Gasteiger partial charge in [-0.2, -0.15) is 0 Å². The summed E-state index contributed by atoms with van der Waals surface area (Å²) in [4.78, 5) is 10.6. The summed E-state index contributed by atoms with van der Waals surface area (Å²) in [6.07, 6.45) is 3.37. The zero-order valence-electron chi connectivity index (χ0n) is 12.2. The number of piperidine rings is 1. The number of ether oxygens (including phenoxy) is 2. The van der Waals surface area contributed by atoms with Gasteiger partial charge in [-0.25, -0.2) is 14.4 Å². The lowest BCUT2D eigenvalue weighted by molar-refractivity contribution is -0.0889. The summed E-state index contributed by atoms with van der Waals surface area (Å²) < 4.78 is 25.1. The molecule has 0 unspecified atom stereocenters. The number of para-hydroxylation sites is 1. The normalized spacial score (nSPS) is 20.9. The third-order valence-corrected chi connectivity index (χ3v) is 4.47. The molecule has 0 aliphatic carbocycles. The summed E-state index contributed by atoms with van der Waals surface area (Å²) in [6.45, 7) is 3.13. The van der Waals surface area contributed by atoms with Gasteiger partial charge >= 0.3 is 0 Å². The number of anilines is 1. The number of benzene rings is 1.